The fraction of sp³-hybridized carbons (Fsp3) is 0.448. The quantitative estimate of drug-likeness (QED) is 0.184. The van der Waals surface area contributed by atoms with Crippen molar-refractivity contribution in [2.45, 2.75) is 24.8 Å². The third-order valence-corrected chi connectivity index (χ3v) is 8.68. The van der Waals surface area contributed by atoms with Gasteiger partial charge in [0.05, 0.1) is 37.8 Å². The van der Waals surface area contributed by atoms with Crippen LogP contribution >= 0.6 is 0 Å². The van der Waals surface area contributed by atoms with Crippen molar-refractivity contribution in [3.8, 4) is 0 Å². The molecular weight excluding hydrogens is 576 g/mol. The zero-order valence-electron chi connectivity index (χ0n) is 24.4. The van der Waals surface area contributed by atoms with Gasteiger partial charge in [-0.25, -0.2) is 8.42 Å². The predicted molar refractivity (Wildman–Crippen MR) is 159 cm³/mol. The van der Waals surface area contributed by atoms with Crippen LogP contribution in [-0.2, 0) is 33.9 Å². The number of sulfonamides is 1. The molecule has 0 aromatic heterocycles. The van der Waals surface area contributed by atoms with Gasteiger partial charge in [-0.3, -0.25) is 19.8 Å². The number of rotatable bonds is 11. The molecular formula is C29H38N6O7S. The summed E-state index contributed by atoms with van der Waals surface area (Å²) in [6, 6.07) is 12.3. The molecule has 2 aliphatic heterocycles. The molecule has 2 aliphatic rings. The maximum atomic E-state index is 12.9. The van der Waals surface area contributed by atoms with Crippen LogP contribution < -0.4 is 14.9 Å². The number of morpholine rings is 1. The normalized spacial score (nSPS) is 16.5. The summed E-state index contributed by atoms with van der Waals surface area (Å²) < 4.78 is 38.3. The maximum absolute atomic E-state index is 12.9. The summed E-state index contributed by atoms with van der Waals surface area (Å²) >= 11 is 0. The average Bonchev–Trinajstić information content (AvgIpc) is 3.00. The van der Waals surface area contributed by atoms with Crippen molar-refractivity contribution in [2.75, 3.05) is 70.5 Å². The minimum atomic E-state index is -4.06. The number of amides is 2. The molecule has 0 spiro atoms. The number of nitrogens with one attached hydrogen (secondary N) is 3. The predicted octanol–water partition coefficient (Wildman–Crippen LogP) is 0.328. The maximum Gasteiger partial charge on any atom is 0.326 e. The molecule has 0 radical (unpaired) electrons. The Morgan fingerprint density at radius 2 is 1.70 bits per heavy atom. The third kappa shape index (κ3) is 8.52. The Labute approximate surface area is 251 Å². The monoisotopic (exact) mass is 614 g/mol. The van der Waals surface area contributed by atoms with Crippen molar-refractivity contribution >= 4 is 39.3 Å². The molecule has 43 heavy (non-hydrogen) atoms. The van der Waals surface area contributed by atoms with Crippen LogP contribution in [0.3, 0.4) is 0 Å². The molecule has 2 saturated heterocycles. The van der Waals surface area contributed by atoms with Gasteiger partial charge in [0, 0.05) is 44.0 Å². The minimum Gasteiger partial charge on any atom is -0.465 e. The van der Waals surface area contributed by atoms with E-state index >= 15 is 0 Å². The average molecular weight is 615 g/mol. The summed E-state index contributed by atoms with van der Waals surface area (Å²) in [7, 11) is -4.06. The van der Waals surface area contributed by atoms with E-state index in [1.54, 1.807) is 19.1 Å². The second-order valence-electron chi connectivity index (χ2n) is 10.3. The van der Waals surface area contributed by atoms with Crippen molar-refractivity contribution in [2.24, 2.45) is 0 Å². The number of amidine groups is 1. The summed E-state index contributed by atoms with van der Waals surface area (Å²) in [5, 5.41) is 11.0. The van der Waals surface area contributed by atoms with Gasteiger partial charge in [-0.05, 0) is 50.2 Å². The lowest BCUT2D eigenvalue weighted by molar-refractivity contribution is -0.145. The summed E-state index contributed by atoms with van der Waals surface area (Å²) in [5.41, 5.74) is 2.51. The molecule has 14 heteroatoms. The van der Waals surface area contributed by atoms with E-state index in [1.165, 1.54) is 17.0 Å². The zero-order chi connectivity index (χ0) is 31.0. The zero-order valence-corrected chi connectivity index (χ0v) is 25.2. The topological polar surface area (TPSA) is 161 Å². The van der Waals surface area contributed by atoms with Crippen LogP contribution in [0.2, 0.25) is 0 Å². The van der Waals surface area contributed by atoms with Gasteiger partial charge in [0.2, 0.25) is 21.8 Å². The molecule has 0 saturated carbocycles. The van der Waals surface area contributed by atoms with Crippen LogP contribution in [0.5, 0.6) is 0 Å². The summed E-state index contributed by atoms with van der Waals surface area (Å²) in [4.78, 5) is 43.4. The number of aryl methyl sites for hydroxylation is 1. The third-order valence-electron chi connectivity index (χ3n) is 7.19. The molecule has 0 aliphatic carbocycles. The van der Waals surface area contributed by atoms with Crippen LogP contribution in [0.4, 0.5) is 5.69 Å². The van der Waals surface area contributed by atoms with Gasteiger partial charge in [0.1, 0.15) is 11.9 Å². The van der Waals surface area contributed by atoms with Gasteiger partial charge in [-0.1, -0.05) is 17.7 Å². The van der Waals surface area contributed by atoms with Gasteiger partial charge in [0.25, 0.3) is 0 Å². The number of piperazine rings is 1. The van der Waals surface area contributed by atoms with Crippen molar-refractivity contribution < 1.29 is 32.3 Å². The lowest BCUT2D eigenvalue weighted by Gasteiger charge is -2.35. The van der Waals surface area contributed by atoms with Gasteiger partial charge in [-0.15, -0.1) is 0 Å². The number of hydrogen-bond acceptors (Lipinski definition) is 9. The highest BCUT2D eigenvalue weighted by atomic mass is 32.2. The van der Waals surface area contributed by atoms with Crippen LogP contribution in [0.15, 0.2) is 53.4 Å². The second kappa shape index (κ2) is 14.4. The SMILES string of the molecule is CCOC(=O)[C@H](CNC(=O)CN1CCN(c2ccc(C(=N)N3CCOCC3)cc2)CC1=O)NS(=O)(=O)c1ccc(C)cc1. The molecule has 0 unspecified atom stereocenters. The highest BCUT2D eigenvalue weighted by molar-refractivity contribution is 7.89. The second-order valence-corrected chi connectivity index (χ2v) is 12.0. The minimum absolute atomic E-state index is 0.0211. The van der Waals surface area contributed by atoms with E-state index in [2.05, 4.69) is 10.0 Å². The van der Waals surface area contributed by atoms with Gasteiger partial charge in [-0.2, -0.15) is 4.72 Å². The first-order valence-electron chi connectivity index (χ1n) is 14.1. The van der Waals surface area contributed by atoms with Crippen molar-refractivity contribution in [1.29, 1.82) is 5.41 Å². The van der Waals surface area contributed by atoms with Crippen LogP contribution in [-0.4, -0.2) is 114 Å². The molecule has 232 valence electrons. The Morgan fingerprint density at radius 3 is 2.33 bits per heavy atom. The Kier molecular flexibility index (Phi) is 10.7. The van der Waals surface area contributed by atoms with Crippen molar-refractivity contribution in [3.63, 3.8) is 0 Å². The molecule has 2 aromatic carbocycles. The number of ether oxygens (including phenoxy) is 2. The van der Waals surface area contributed by atoms with Crippen LogP contribution in [0.1, 0.15) is 18.1 Å². The molecule has 4 rings (SSSR count). The van der Waals surface area contributed by atoms with Gasteiger partial charge in [0.15, 0.2) is 0 Å². The van der Waals surface area contributed by atoms with Gasteiger partial charge >= 0.3 is 5.97 Å². The number of carbonyl (C=O) groups is 3. The Hall–Kier alpha value is -4.01. The van der Waals surface area contributed by atoms with E-state index in [4.69, 9.17) is 14.9 Å². The van der Waals surface area contributed by atoms with E-state index in [1.807, 2.05) is 41.0 Å². The van der Waals surface area contributed by atoms with E-state index in [9.17, 15) is 22.8 Å². The van der Waals surface area contributed by atoms with Crippen molar-refractivity contribution in [3.05, 3.63) is 59.7 Å². The molecule has 1 atom stereocenters. The highest BCUT2D eigenvalue weighted by Gasteiger charge is 2.29. The smallest absolute Gasteiger partial charge is 0.326 e. The summed E-state index contributed by atoms with van der Waals surface area (Å²) in [6.45, 7) is 6.32. The largest absolute Gasteiger partial charge is 0.465 e. The number of anilines is 1. The Morgan fingerprint density at radius 1 is 1.02 bits per heavy atom. The van der Waals surface area contributed by atoms with Crippen LogP contribution in [0, 0.1) is 12.3 Å². The number of carbonyl (C=O) groups excluding carboxylic acids is 3. The molecule has 3 N–H and O–H groups in total. The van der Waals surface area contributed by atoms with E-state index in [0.717, 1.165) is 16.8 Å². The fourth-order valence-corrected chi connectivity index (χ4v) is 5.91. The standard InChI is InChI=1S/C29H38N6O7S/c1-3-42-29(38)25(32-43(39,40)24-10-4-21(2)5-11-24)18-31-26(36)19-35-13-12-34(20-27(35)37)23-8-6-22(7-9-23)28(30)33-14-16-41-17-15-33/h4-11,25,30,32H,3,12-20H2,1-2H3,(H,31,36)/t25-/m0/s1. The van der Waals surface area contributed by atoms with E-state index in [0.29, 0.717) is 45.2 Å². The fourth-order valence-electron chi connectivity index (χ4n) is 4.73. The molecule has 2 heterocycles. The molecule has 2 aromatic rings. The summed E-state index contributed by atoms with van der Waals surface area (Å²) in [6.07, 6.45) is 0. The van der Waals surface area contributed by atoms with E-state index in [-0.39, 0.29) is 37.0 Å². The van der Waals surface area contributed by atoms with E-state index < -0.39 is 27.9 Å². The lowest BCUT2D eigenvalue weighted by Crippen LogP contribution is -2.54. The Bertz CT molecular complexity index is 1410. The lowest BCUT2D eigenvalue weighted by atomic mass is 10.1. The first-order chi connectivity index (χ1) is 20.6. The number of benzene rings is 2. The first kappa shape index (κ1) is 31.9. The molecule has 2 amide bonds. The number of nitrogens with zero attached hydrogens (tertiary/aromatic N) is 3. The first-order valence-corrected chi connectivity index (χ1v) is 15.6. The highest BCUT2D eigenvalue weighted by Crippen LogP contribution is 2.19. The molecule has 0 bridgehead atoms. The Balaban J connectivity index is 1.29. The molecule has 13 nitrogen and oxygen atoms in total. The van der Waals surface area contributed by atoms with Crippen molar-refractivity contribution in [1.82, 2.24) is 19.8 Å². The number of esters is 1. The number of hydrogen-bond donors (Lipinski definition) is 3. The summed E-state index contributed by atoms with van der Waals surface area (Å²) in [5.74, 6) is -1.16. The van der Waals surface area contributed by atoms with Gasteiger partial charge < -0.3 is 29.5 Å². The molecule has 2 fully saturated rings. The van der Waals surface area contributed by atoms with Crippen LogP contribution in [0.25, 0.3) is 0 Å².